The number of hydrogen-bond donors (Lipinski definition) is 2. The Balaban J connectivity index is 1.63. The summed E-state index contributed by atoms with van der Waals surface area (Å²) in [5.74, 6) is 0.836. The molecule has 2 rings (SSSR count). The number of carbonyl (C=O) groups excluding carboxylic acids is 1. The number of nitrogens with one attached hydrogen (secondary N) is 1. The third kappa shape index (κ3) is 2.98. The second-order valence-electron chi connectivity index (χ2n) is 4.41. The van der Waals surface area contributed by atoms with Crippen LogP contribution in [0.25, 0.3) is 0 Å². The van der Waals surface area contributed by atoms with Gasteiger partial charge < -0.3 is 11.1 Å². The minimum Gasteiger partial charge on any atom is -0.396 e. The highest BCUT2D eigenvalue weighted by Crippen LogP contribution is 2.28. The smallest absolute Gasteiger partial charge is 0.241 e. The number of hydrogen-bond acceptors (Lipinski definition) is 3. The molecule has 0 bridgehead atoms. The van der Waals surface area contributed by atoms with E-state index in [4.69, 9.17) is 5.73 Å². The number of aromatic nitrogens is 2. The molecule has 0 atom stereocenters. The third-order valence-electron chi connectivity index (χ3n) is 3.06. The first-order valence-corrected chi connectivity index (χ1v) is 5.78. The van der Waals surface area contributed by atoms with Crippen molar-refractivity contribution in [2.24, 2.45) is 5.92 Å². The molecule has 1 aliphatic carbocycles. The molecule has 0 aliphatic heterocycles. The van der Waals surface area contributed by atoms with Crippen LogP contribution in [0.5, 0.6) is 0 Å². The molecule has 88 valence electrons. The highest BCUT2D eigenvalue weighted by molar-refractivity contribution is 5.75. The van der Waals surface area contributed by atoms with E-state index >= 15 is 0 Å². The van der Waals surface area contributed by atoms with Gasteiger partial charge in [-0.2, -0.15) is 5.10 Å². The second-order valence-corrected chi connectivity index (χ2v) is 4.41. The molecule has 0 saturated heterocycles. The van der Waals surface area contributed by atoms with Crippen molar-refractivity contribution >= 4 is 11.6 Å². The summed E-state index contributed by atoms with van der Waals surface area (Å²) in [6.07, 6.45) is 8.31. The Bertz CT molecular complexity index is 357. The Morgan fingerprint density at radius 3 is 3.00 bits per heavy atom. The topological polar surface area (TPSA) is 72.9 Å². The first-order valence-electron chi connectivity index (χ1n) is 5.78. The quantitative estimate of drug-likeness (QED) is 0.773. The fraction of sp³-hybridized carbons (Fsp3) is 0.636. The van der Waals surface area contributed by atoms with Crippen LogP contribution >= 0.6 is 0 Å². The molecule has 5 nitrogen and oxygen atoms in total. The van der Waals surface area contributed by atoms with E-state index in [0.717, 1.165) is 18.9 Å². The largest absolute Gasteiger partial charge is 0.396 e. The van der Waals surface area contributed by atoms with Crippen molar-refractivity contribution in [3.63, 3.8) is 0 Å². The first kappa shape index (κ1) is 11.0. The van der Waals surface area contributed by atoms with Gasteiger partial charge in [-0.25, -0.2) is 0 Å². The number of nitrogens with zero attached hydrogens (tertiary/aromatic N) is 2. The Morgan fingerprint density at radius 1 is 1.62 bits per heavy atom. The molecule has 1 amide bonds. The van der Waals surface area contributed by atoms with E-state index in [-0.39, 0.29) is 12.5 Å². The minimum atomic E-state index is 0.00224. The van der Waals surface area contributed by atoms with Gasteiger partial charge in [0.2, 0.25) is 5.91 Å². The summed E-state index contributed by atoms with van der Waals surface area (Å²) in [5, 5.41) is 6.86. The molecule has 1 fully saturated rings. The van der Waals surface area contributed by atoms with Gasteiger partial charge in [0.15, 0.2) is 0 Å². The molecule has 3 N–H and O–H groups in total. The van der Waals surface area contributed by atoms with Crippen LogP contribution < -0.4 is 11.1 Å². The fourth-order valence-electron chi connectivity index (χ4n) is 1.87. The molecule has 1 aliphatic rings. The summed E-state index contributed by atoms with van der Waals surface area (Å²) in [6.45, 7) is 1.03. The van der Waals surface area contributed by atoms with E-state index in [1.807, 2.05) is 0 Å². The lowest BCUT2D eigenvalue weighted by molar-refractivity contribution is -0.121. The van der Waals surface area contributed by atoms with Gasteiger partial charge in [-0.1, -0.05) is 19.3 Å². The lowest BCUT2D eigenvalue weighted by Crippen LogP contribution is -2.30. The molecule has 0 unspecified atom stereocenters. The summed E-state index contributed by atoms with van der Waals surface area (Å²) < 4.78 is 1.55. The van der Waals surface area contributed by atoms with Crippen molar-refractivity contribution in [2.45, 2.75) is 32.2 Å². The van der Waals surface area contributed by atoms with Gasteiger partial charge in [0.05, 0.1) is 11.9 Å². The highest BCUT2D eigenvalue weighted by atomic mass is 16.2. The molecule has 1 aromatic heterocycles. The van der Waals surface area contributed by atoms with Crippen molar-refractivity contribution < 1.29 is 4.79 Å². The molecule has 5 heteroatoms. The SMILES string of the molecule is Nc1cnn(CC(=O)NCCC2CCC2)c1. The van der Waals surface area contributed by atoms with Gasteiger partial charge >= 0.3 is 0 Å². The molecular formula is C11H18N4O. The van der Waals surface area contributed by atoms with Crippen LogP contribution in [0.2, 0.25) is 0 Å². The molecular weight excluding hydrogens is 204 g/mol. The highest BCUT2D eigenvalue weighted by Gasteiger charge is 2.16. The zero-order chi connectivity index (χ0) is 11.4. The maximum Gasteiger partial charge on any atom is 0.241 e. The third-order valence-corrected chi connectivity index (χ3v) is 3.06. The minimum absolute atomic E-state index is 0.00224. The van der Waals surface area contributed by atoms with Gasteiger partial charge in [-0.05, 0) is 12.3 Å². The van der Waals surface area contributed by atoms with Gasteiger partial charge in [0.1, 0.15) is 6.54 Å². The van der Waals surface area contributed by atoms with E-state index in [0.29, 0.717) is 5.69 Å². The van der Waals surface area contributed by atoms with E-state index in [1.54, 1.807) is 17.1 Å². The summed E-state index contributed by atoms with van der Waals surface area (Å²) in [5.41, 5.74) is 6.09. The summed E-state index contributed by atoms with van der Waals surface area (Å²) >= 11 is 0. The van der Waals surface area contributed by atoms with E-state index in [9.17, 15) is 4.79 Å². The number of anilines is 1. The Morgan fingerprint density at radius 2 is 2.44 bits per heavy atom. The van der Waals surface area contributed by atoms with Crippen molar-refractivity contribution in [1.29, 1.82) is 0 Å². The molecule has 0 spiro atoms. The predicted molar refractivity (Wildman–Crippen MR) is 61.6 cm³/mol. The number of carbonyl (C=O) groups is 1. The molecule has 0 radical (unpaired) electrons. The molecule has 0 aromatic carbocycles. The normalized spacial score (nSPS) is 15.8. The van der Waals surface area contributed by atoms with Crippen molar-refractivity contribution in [1.82, 2.24) is 15.1 Å². The van der Waals surface area contributed by atoms with Crippen LogP contribution in [0.3, 0.4) is 0 Å². The van der Waals surface area contributed by atoms with Crippen LogP contribution in [0.1, 0.15) is 25.7 Å². The van der Waals surface area contributed by atoms with E-state index < -0.39 is 0 Å². The van der Waals surface area contributed by atoms with Crippen LogP contribution in [-0.4, -0.2) is 22.2 Å². The van der Waals surface area contributed by atoms with Gasteiger partial charge in [-0.15, -0.1) is 0 Å². The Hall–Kier alpha value is -1.52. The maximum absolute atomic E-state index is 11.5. The molecule has 1 heterocycles. The average Bonchev–Trinajstić information content (AvgIpc) is 2.56. The van der Waals surface area contributed by atoms with Crippen LogP contribution in [0.15, 0.2) is 12.4 Å². The summed E-state index contributed by atoms with van der Waals surface area (Å²) in [6, 6.07) is 0. The Labute approximate surface area is 95.0 Å². The average molecular weight is 222 g/mol. The first-order chi connectivity index (χ1) is 7.74. The van der Waals surface area contributed by atoms with E-state index in [2.05, 4.69) is 10.4 Å². The summed E-state index contributed by atoms with van der Waals surface area (Å²) in [7, 11) is 0. The van der Waals surface area contributed by atoms with Gasteiger partial charge in [0, 0.05) is 12.7 Å². The van der Waals surface area contributed by atoms with Crippen molar-refractivity contribution in [2.75, 3.05) is 12.3 Å². The standard InChI is InChI=1S/C11H18N4O/c12-10-6-14-15(7-10)8-11(16)13-5-4-9-2-1-3-9/h6-7,9H,1-5,8,12H2,(H,13,16). The molecule has 1 aromatic rings. The van der Waals surface area contributed by atoms with Crippen molar-refractivity contribution in [3.8, 4) is 0 Å². The summed E-state index contributed by atoms with van der Waals surface area (Å²) in [4.78, 5) is 11.5. The van der Waals surface area contributed by atoms with Crippen molar-refractivity contribution in [3.05, 3.63) is 12.4 Å². The zero-order valence-corrected chi connectivity index (χ0v) is 9.35. The molecule has 1 saturated carbocycles. The number of amides is 1. The second kappa shape index (κ2) is 5.01. The van der Waals surface area contributed by atoms with E-state index in [1.165, 1.54) is 19.3 Å². The van der Waals surface area contributed by atoms with Crippen LogP contribution in [-0.2, 0) is 11.3 Å². The number of nitrogen functional groups attached to an aromatic ring is 1. The maximum atomic E-state index is 11.5. The monoisotopic (exact) mass is 222 g/mol. The zero-order valence-electron chi connectivity index (χ0n) is 9.35. The fourth-order valence-corrected chi connectivity index (χ4v) is 1.87. The number of rotatable bonds is 5. The van der Waals surface area contributed by atoms with Gasteiger partial charge in [-0.3, -0.25) is 9.48 Å². The lowest BCUT2D eigenvalue weighted by Gasteiger charge is -2.25. The van der Waals surface area contributed by atoms with Crippen LogP contribution in [0, 0.1) is 5.92 Å². The van der Waals surface area contributed by atoms with Gasteiger partial charge in [0.25, 0.3) is 0 Å². The predicted octanol–water partition coefficient (Wildman–Crippen LogP) is 0.772. The number of nitrogens with two attached hydrogens (primary N) is 1. The lowest BCUT2D eigenvalue weighted by atomic mass is 9.83. The Kier molecular flexibility index (Phi) is 3.44. The van der Waals surface area contributed by atoms with Crippen LogP contribution in [0.4, 0.5) is 5.69 Å². The molecule has 16 heavy (non-hydrogen) atoms.